The van der Waals surface area contributed by atoms with Crippen LogP contribution in [0.25, 0.3) is 0 Å². The van der Waals surface area contributed by atoms with Gasteiger partial charge < -0.3 is 5.32 Å². The highest BCUT2D eigenvalue weighted by Crippen LogP contribution is 2.24. The minimum Gasteiger partial charge on any atom is -0.346 e. The summed E-state index contributed by atoms with van der Waals surface area (Å²) in [6, 6.07) is 8.61. The molecule has 0 saturated carbocycles. The van der Waals surface area contributed by atoms with E-state index in [1.807, 2.05) is 0 Å². The van der Waals surface area contributed by atoms with E-state index in [4.69, 9.17) is 11.6 Å². The Labute approximate surface area is 137 Å². The number of amides is 1. The first-order valence-corrected chi connectivity index (χ1v) is 7.18. The van der Waals surface area contributed by atoms with Crippen LogP contribution in [0, 0.1) is 22.9 Å². The van der Waals surface area contributed by atoms with E-state index in [-0.39, 0.29) is 17.2 Å². The van der Waals surface area contributed by atoms with Gasteiger partial charge in [0.1, 0.15) is 5.82 Å². The lowest BCUT2D eigenvalue weighted by Gasteiger charge is -2.15. The smallest absolute Gasteiger partial charge is 0.276 e. The number of nitrogens with one attached hydrogen (secondary N) is 1. The SMILES string of the molecule is Cc1c(F)cc(C(=O)NC(C)c2cccc(Cl)c2)cc1[N+](=O)[O-]. The Balaban J connectivity index is 2.26. The van der Waals surface area contributed by atoms with Crippen molar-refractivity contribution < 1.29 is 14.1 Å². The maximum absolute atomic E-state index is 13.8. The van der Waals surface area contributed by atoms with Gasteiger partial charge in [0.2, 0.25) is 0 Å². The van der Waals surface area contributed by atoms with Crippen LogP contribution in [0.4, 0.5) is 10.1 Å². The van der Waals surface area contributed by atoms with Crippen LogP contribution >= 0.6 is 11.6 Å². The number of nitrogens with zero attached hydrogens (tertiary/aromatic N) is 1. The van der Waals surface area contributed by atoms with Gasteiger partial charge in [-0.15, -0.1) is 0 Å². The summed E-state index contributed by atoms with van der Waals surface area (Å²) < 4.78 is 13.8. The highest BCUT2D eigenvalue weighted by molar-refractivity contribution is 6.30. The molecule has 0 aromatic heterocycles. The molecule has 1 amide bonds. The van der Waals surface area contributed by atoms with Gasteiger partial charge in [-0.3, -0.25) is 14.9 Å². The summed E-state index contributed by atoms with van der Waals surface area (Å²) in [6.45, 7) is 3.03. The van der Waals surface area contributed by atoms with Crippen molar-refractivity contribution in [1.29, 1.82) is 0 Å². The van der Waals surface area contributed by atoms with Crippen LogP contribution in [-0.2, 0) is 0 Å². The van der Waals surface area contributed by atoms with E-state index in [1.54, 1.807) is 31.2 Å². The van der Waals surface area contributed by atoms with Crippen LogP contribution in [0.2, 0.25) is 5.02 Å². The highest BCUT2D eigenvalue weighted by atomic mass is 35.5. The van der Waals surface area contributed by atoms with Crippen LogP contribution in [-0.4, -0.2) is 10.8 Å². The molecular weight excluding hydrogens is 323 g/mol. The lowest BCUT2D eigenvalue weighted by atomic mass is 10.1. The van der Waals surface area contributed by atoms with Crippen molar-refractivity contribution in [2.24, 2.45) is 0 Å². The molecule has 0 radical (unpaired) electrons. The number of nitro benzene ring substituents is 1. The minimum absolute atomic E-state index is 0.102. The molecule has 0 aliphatic carbocycles. The molecule has 23 heavy (non-hydrogen) atoms. The molecule has 2 aromatic rings. The molecule has 5 nitrogen and oxygen atoms in total. The fraction of sp³-hybridized carbons (Fsp3) is 0.188. The van der Waals surface area contributed by atoms with E-state index in [9.17, 15) is 19.3 Å². The standard InChI is InChI=1S/C16H14ClFN2O3/c1-9-14(18)7-12(8-15(9)20(22)23)16(21)19-10(2)11-4-3-5-13(17)6-11/h3-8,10H,1-2H3,(H,19,21). The summed E-state index contributed by atoms with van der Waals surface area (Å²) in [7, 11) is 0. The zero-order valence-corrected chi connectivity index (χ0v) is 13.2. The molecule has 0 saturated heterocycles. The Kier molecular flexibility index (Phi) is 4.95. The molecule has 1 unspecified atom stereocenters. The Morgan fingerprint density at radius 3 is 2.65 bits per heavy atom. The van der Waals surface area contributed by atoms with E-state index >= 15 is 0 Å². The van der Waals surface area contributed by atoms with Crippen molar-refractivity contribution in [3.8, 4) is 0 Å². The molecule has 1 N–H and O–H groups in total. The van der Waals surface area contributed by atoms with E-state index in [0.717, 1.165) is 17.7 Å². The lowest BCUT2D eigenvalue weighted by molar-refractivity contribution is -0.385. The number of nitro groups is 1. The first kappa shape index (κ1) is 16.9. The second-order valence-corrected chi connectivity index (χ2v) is 5.55. The van der Waals surface area contributed by atoms with Crippen molar-refractivity contribution in [3.05, 3.63) is 74.0 Å². The number of carbonyl (C=O) groups excluding carboxylic acids is 1. The molecule has 0 aliphatic rings. The Hall–Kier alpha value is -2.47. The van der Waals surface area contributed by atoms with Crippen LogP contribution in [0.3, 0.4) is 0 Å². The lowest BCUT2D eigenvalue weighted by Crippen LogP contribution is -2.27. The molecule has 0 aliphatic heterocycles. The van der Waals surface area contributed by atoms with Crippen molar-refractivity contribution in [3.63, 3.8) is 0 Å². The topological polar surface area (TPSA) is 72.2 Å². The summed E-state index contributed by atoms with van der Waals surface area (Å²) in [5, 5.41) is 14.1. The highest BCUT2D eigenvalue weighted by Gasteiger charge is 2.20. The third-order valence-corrected chi connectivity index (χ3v) is 3.71. The normalized spacial score (nSPS) is 11.8. The summed E-state index contributed by atoms with van der Waals surface area (Å²) >= 11 is 5.90. The van der Waals surface area contributed by atoms with Gasteiger partial charge in [-0.05, 0) is 37.6 Å². The number of rotatable bonds is 4. The predicted octanol–water partition coefficient (Wildman–Crippen LogP) is 4.19. The molecule has 0 fully saturated rings. The van der Waals surface area contributed by atoms with E-state index in [0.29, 0.717) is 5.02 Å². The van der Waals surface area contributed by atoms with Gasteiger partial charge in [0.25, 0.3) is 11.6 Å². The van der Waals surface area contributed by atoms with Gasteiger partial charge in [0, 0.05) is 16.7 Å². The zero-order chi connectivity index (χ0) is 17.1. The average molecular weight is 337 g/mol. The second-order valence-electron chi connectivity index (χ2n) is 5.11. The molecule has 0 bridgehead atoms. The fourth-order valence-electron chi connectivity index (χ4n) is 2.12. The Morgan fingerprint density at radius 2 is 2.04 bits per heavy atom. The summed E-state index contributed by atoms with van der Waals surface area (Å²) in [4.78, 5) is 22.4. The molecule has 1 atom stereocenters. The quantitative estimate of drug-likeness (QED) is 0.672. The first-order chi connectivity index (χ1) is 10.8. The molecule has 2 aromatic carbocycles. The molecular formula is C16H14ClFN2O3. The zero-order valence-electron chi connectivity index (χ0n) is 12.5. The van der Waals surface area contributed by atoms with Gasteiger partial charge in [-0.25, -0.2) is 4.39 Å². The third-order valence-electron chi connectivity index (χ3n) is 3.47. The molecule has 2 rings (SSSR count). The third kappa shape index (κ3) is 3.84. The van der Waals surface area contributed by atoms with Gasteiger partial charge >= 0.3 is 0 Å². The molecule has 0 heterocycles. The number of benzene rings is 2. The second kappa shape index (κ2) is 6.75. The predicted molar refractivity (Wildman–Crippen MR) is 85.1 cm³/mol. The van der Waals surface area contributed by atoms with Crippen molar-refractivity contribution in [1.82, 2.24) is 5.32 Å². The van der Waals surface area contributed by atoms with Crippen LogP contribution in [0.1, 0.15) is 34.5 Å². The van der Waals surface area contributed by atoms with E-state index in [2.05, 4.69) is 5.32 Å². The fourth-order valence-corrected chi connectivity index (χ4v) is 2.32. The van der Waals surface area contributed by atoms with Crippen molar-refractivity contribution >= 4 is 23.2 Å². The van der Waals surface area contributed by atoms with Crippen molar-refractivity contribution in [2.75, 3.05) is 0 Å². The number of hydrogen-bond acceptors (Lipinski definition) is 3. The number of halogens is 2. The summed E-state index contributed by atoms with van der Waals surface area (Å²) in [6.07, 6.45) is 0. The molecule has 0 spiro atoms. The van der Waals surface area contributed by atoms with E-state index < -0.39 is 22.3 Å². The van der Waals surface area contributed by atoms with Crippen LogP contribution in [0.15, 0.2) is 36.4 Å². The summed E-state index contributed by atoms with van der Waals surface area (Å²) in [5.41, 5.74) is 0.140. The van der Waals surface area contributed by atoms with Gasteiger partial charge in [-0.2, -0.15) is 0 Å². The first-order valence-electron chi connectivity index (χ1n) is 6.80. The minimum atomic E-state index is -0.792. The average Bonchev–Trinajstić information content (AvgIpc) is 2.49. The van der Waals surface area contributed by atoms with Gasteiger partial charge in [0.15, 0.2) is 0 Å². The van der Waals surface area contributed by atoms with Crippen LogP contribution < -0.4 is 5.32 Å². The number of carbonyl (C=O) groups is 1. The Bertz CT molecular complexity index is 780. The summed E-state index contributed by atoms with van der Waals surface area (Å²) in [5.74, 6) is -1.39. The Morgan fingerprint density at radius 1 is 1.35 bits per heavy atom. The monoisotopic (exact) mass is 336 g/mol. The number of hydrogen-bond donors (Lipinski definition) is 1. The van der Waals surface area contributed by atoms with Gasteiger partial charge in [0.05, 0.1) is 16.5 Å². The maximum atomic E-state index is 13.8. The van der Waals surface area contributed by atoms with Crippen molar-refractivity contribution in [2.45, 2.75) is 19.9 Å². The van der Waals surface area contributed by atoms with Gasteiger partial charge in [-0.1, -0.05) is 23.7 Å². The van der Waals surface area contributed by atoms with E-state index in [1.165, 1.54) is 6.92 Å². The molecule has 120 valence electrons. The largest absolute Gasteiger partial charge is 0.346 e. The molecule has 7 heteroatoms. The maximum Gasteiger partial charge on any atom is 0.276 e. The van der Waals surface area contributed by atoms with Crippen LogP contribution in [0.5, 0.6) is 0 Å².